The fraction of sp³-hybridized carbons (Fsp3) is 0.562. The molecule has 1 amide bonds. The van der Waals surface area contributed by atoms with Crippen molar-refractivity contribution in [3.05, 3.63) is 29.8 Å². The molecule has 2 rings (SSSR count). The molecule has 0 N–H and O–H groups in total. The molecule has 4 heteroatoms. The Hall–Kier alpha value is -1.55. The van der Waals surface area contributed by atoms with Crippen molar-refractivity contribution in [3.8, 4) is 5.75 Å². The van der Waals surface area contributed by atoms with Gasteiger partial charge in [0.1, 0.15) is 5.75 Å². The second-order valence-electron chi connectivity index (χ2n) is 5.51. The quantitative estimate of drug-likeness (QED) is 0.840. The highest BCUT2D eigenvalue weighted by Crippen LogP contribution is 2.20. The van der Waals surface area contributed by atoms with Crippen LogP contribution in [0.3, 0.4) is 0 Å². The zero-order valence-electron chi connectivity index (χ0n) is 12.6. The van der Waals surface area contributed by atoms with E-state index in [0.29, 0.717) is 12.5 Å². The van der Waals surface area contributed by atoms with Gasteiger partial charge in [-0.25, -0.2) is 0 Å². The minimum absolute atomic E-state index is 0.247. The Labute approximate surface area is 121 Å². The molecule has 1 heterocycles. The third-order valence-corrected chi connectivity index (χ3v) is 3.95. The Bertz CT molecular complexity index is 462. The Morgan fingerprint density at radius 2 is 2.10 bits per heavy atom. The number of likely N-dealkylation sites (N-methyl/N-ethyl adjacent to an activating group) is 1. The highest BCUT2D eigenvalue weighted by Gasteiger charge is 2.25. The van der Waals surface area contributed by atoms with Crippen molar-refractivity contribution >= 4 is 5.91 Å². The van der Waals surface area contributed by atoms with Crippen LogP contribution < -0.4 is 4.74 Å². The van der Waals surface area contributed by atoms with E-state index in [2.05, 4.69) is 18.9 Å². The molecule has 1 saturated heterocycles. The lowest BCUT2D eigenvalue weighted by atomic mass is 10.1. The Morgan fingerprint density at radius 3 is 2.80 bits per heavy atom. The van der Waals surface area contributed by atoms with Gasteiger partial charge in [-0.3, -0.25) is 4.79 Å². The van der Waals surface area contributed by atoms with Crippen molar-refractivity contribution in [3.63, 3.8) is 0 Å². The van der Waals surface area contributed by atoms with E-state index in [-0.39, 0.29) is 5.91 Å². The lowest BCUT2D eigenvalue weighted by molar-refractivity contribution is -0.135. The molecular formula is C16H24N2O2. The molecule has 20 heavy (non-hydrogen) atoms. The molecular weight excluding hydrogens is 252 g/mol. The number of piperazine rings is 1. The van der Waals surface area contributed by atoms with Gasteiger partial charge in [0.05, 0.1) is 7.11 Å². The first-order chi connectivity index (χ1) is 9.61. The summed E-state index contributed by atoms with van der Waals surface area (Å²) in [6.07, 6.45) is 1.29. The second-order valence-corrected chi connectivity index (χ2v) is 5.51. The van der Waals surface area contributed by atoms with Crippen molar-refractivity contribution in [2.45, 2.75) is 25.8 Å². The molecule has 1 aromatic carbocycles. The second kappa shape index (κ2) is 6.75. The summed E-state index contributed by atoms with van der Waals surface area (Å²) >= 11 is 0. The van der Waals surface area contributed by atoms with Crippen molar-refractivity contribution < 1.29 is 9.53 Å². The van der Waals surface area contributed by atoms with Crippen LogP contribution in [0.5, 0.6) is 5.75 Å². The first-order valence-electron chi connectivity index (χ1n) is 7.21. The highest BCUT2D eigenvalue weighted by atomic mass is 16.5. The third kappa shape index (κ3) is 3.51. The molecule has 1 aliphatic heterocycles. The van der Waals surface area contributed by atoms with E-state index in [1.807, 2.05) is 29.2 Å². The summed E-state index contributed by atoms with van der Waals surface area (Å²) < 4.78 is 5.33. The van der Waals surface area contributed by atoms with Crippen molar-refractivity contribution in [1.29, 1.82) is 0 Å². The Morgan fingerprint density at radius 1 is 1.35 bits per heavy atom. The van der Waals surface area contributed by atoms with Crippen LogP contribution in [0.15, 0.2) is 24.3 Å². The number of benzene rings is 1. The molecule has 0 spiro atoms. The van der Waals surface area contributed by atoms with Crippen LogP contribution in [0.25, 0.3) is 0 Å². The first-order valence-corrected chi connectivity index (χ1v) is 7.21. The summed E-state index contributed by atoms with van der Waals surface area (Å²) in [4.78, 5) is 16.6. The smallest absolute Gasteiger partial charge is 0.223 e. The van der Waals surface area contributed by atoms with Gasteiger partial charge in [0.25, 0.3) is 0 Å². The number of nitrogens with zero attached hydrogens (tertiary/aromatic N) is 2. The zero-order chi connectivity index (χ0) is 14.5. The molecule has 4 nitrogen and oxygen atoms in total. The standard InChI is InChI=1S/C16H24N2O2/c1-13-12-17(2)10-11-18(13)16(19)9-8-14-6-4-5-7-15(14)20-3/h4-7,13H,8-12H2,1-3H3. The SMILES string of the molecule is COc1ccccc1CCC(=O)N1CCN(C)CC1C. The number of carbonyl (C=O) groups excluding carboxylic acids is 1. The molecule has 1 aliphatic rings. The van der Waals surface area contributed by atoms with Crippen LogP contribution in [-0.4, -0.2) is 55.5 Å². The number of amides is 1. The molecule has 0 radical (unpaired) electrons. The van der Waals surface area contributed by atoms with Gasteiger partial charge in [0.2, 0.25) is 5.91 Å². The van der Waals surface area contributed by atoms with E-state index in [4.69, 9.17) is 4.74 Å². The molecule has 1 aromatic rings. The molecule has 1 unspecified atom stereocenters. The van der Waals surface area contributed by atoms with Gasteiger partial charge >= 0.3 is 0 Å². The van der Waals surface area contributed by atoms with Gasteiger partial charge in [-0.2, -0.15) is 0 Å². The maximum Gasteiger partial charge on any atom is 0.223 e. The minimum Gasteiger partial charge on any atom is -0.496 e. The summed E-state index contributed by atoms with van der Waals surface area (Å²) in [5.41, 5.74) is 1.10. The van der Waals surface area contributed by atoms with Gasteiger partial charge in [0, 0.05) is 32.1 Å². The minimum atomic E-state index is 0.247. The molecule has 0 aromatic heterocycles. The first kappa shape index (κ1) is 14.9. The van der Waals surface area contributed by atoms with Crippen LogP contribution in [0.4, 0.5) is 0 Å². The molecule has 1 atom stereocenters. The summed E-state index contributed by atoms with van der Waals surface area (Å²) in [7, 11) is 3.77. The summed E-state index contributed by atoms with van der Waals surface area (Å²) in [6, 6.07) is 8.21. The normalized spacial score (nSPS) is 19.9. The molecule has 1 fully saturated rings. The van der Waals surface area contributed by atoms with Crippen molar-refractivity contribution in [1.82, 2.24) is 9.80 Å². The van der Waals surface area contributed by atoms with Crippen LogP contribution in [-0.2, 0) is 11.2 Å². The Balaban J connectivity index is 1.92. The highest BCUT2D eigenvalue weighted by molar-refractivity contribution is 5.77. The zero-order valence-corrected chi connectivity index (χ0v) is 12.6. The van der Waals surface area contributed by atoms with Gasteiger partial charge in [-0.1, -0.05) is 18.2 Å². The van der Waals surface area contributed by atoms with E-state index in [0.717, 1.165) is 37.4 Å². The van der Waals surface area contributed by atoms with Gasteiger partial charge in [0.15, 0.2) is 0 Å². The maximum absolute atomic E-state index is 12.4. The topological polar surface area (TPSA) is 32.8 Å². The van der Waals surface area contributed by atoms with Crippen molar-refractivity contribution in [2.24, 2.45) is 0 Å². The third-order valence-electron chi connectivity index (χ3n) is 3.95. The van der Waals surface area contributed by atoms with Crippen LogP contribution in [0, 0.1) is 0 Å². The van der Waals surface area contributed by atoms with Crippen molar-refractivity contribution in [2.75, 3.05) is 33.8 Å². The van der Waals surface area contributed by atoms with Gasteiger partial charge < -0.3 is 14.5 Å². The van der Waals surface area contributed by atoms with Crippen LogP contribution >= 0.6 is 0 Å². The number of hydrogen-bond donors (Lipinski definition) is 0. The number of carbonyl (C=O) groups is 1. The number of aryl methyl sites for hydroxylation is 1. The predicted octanol–water partition coefficient (Wildman–Crippen LogP) is 1.79. The molecule has 0 aliphatic carbocycles. The van der Waals surface area contributed by atoms with E-state index in [1.165, 1.54) is 0 Å². The van der Waals surface area contributed by atoms with E-state index < -0.39 is 0 Å². The number of hydrogen-bond acceptors (Lipinski definition) is 3. The summed E-state index contributed by atoms with van der Waals surface area (Å²) in [6.45, 7) is 4.88. The average molecular weight is 276 g/mol. The van der Waals surface area contributed by atoms with Gasteiger partial charge in [-0.05, 0) is 32.0 Å². The lowest BCUT2D eigenvalue weighted by Crippen LogP contribution is -2.52. The van der Waals surface area contributed by atoms with Crippen LogP contribution in [0.2, 0.25) is 0 Å². The number of rotatable bonds is 4. The maximum atomic E-state index is 12.4. The largest absolute Gasteiger partial charge is 0.496 e. The lowest BCUT2D eigenvalue weighted by Gasteiger charge is -2.38. The molecule has 0 bridgehead atoms. The fourth-order valence-corrected chi connectivity index (χ4v) is 2.80. The summed E-state index contributed by atoms with van der Waals surface area (Å²) in [5.74, 6) is 1.11. The predicted molar refractivity (Wildman–Crippen MR) is 80.0 cm³/mol. The molecule has 0 saturated carbocycles. The Kier molecular flexibility index (Phi) is 5.01. The number of methoxy groups -OCH3 is 1. The van der Waals surface area contributed by atoms with E-state index in [1.54, 1.807) is 7.11 Å². The fourth-order valence-electron chi connectivity index (χ4n) is 2.80. The monoisotopic (exact) mass is 276 g/mol. The number of ether oxygens (including phenoxy) is 1. The van der Waals surface area contributed by atoms with Crippen LogP contribution in [0.1, 0.15) is 18.9 Å². The van der Waals surface area contributed by atoms with E-state index in [9.17, 15) is 4.79 Å². The summed E-state index contributed by atoms with van der Waals surface area (Å²) in [5, 5.41) is 0. The number of para-hydroxylation sites is 1. The molecule has 110 valence electrons. The van der Waals surface area contributed by atoms with Gasteiger partial charge in [-0.15, -0.1) is 0 Å². The van der Waals surface area contributed by atoms with E-state index >= 15 is 0 Å². The average Bonchev–Trinajstić information content (AvgIpc) is 2.45.